The van der Waals surface area contributed by atoms with Gasteiger partial charge in [-0.05, 0) is 19.1 Å². The average Bonchev–Trinajstić information content (AvgIpc) is 2.49. The molecule has 1 amide bonds. The number of aromatic nitrogens is 1. The van der Waals surface area contributed by atoms with Gasteiger partial charge in [0.2, 0.25) is 11.8 Å². The van der Waals surface area contributed by atoms with Gasteiger partial charge in [-0.2, -0.15) is 10.2 Å². The first-order chi connectivity index (χ1) is 11.0. The van der Waals surface area contributed by atoms with E-state index in [1.807, 2.05) is 18.2 Å². The summed E-state index contributed by atoms with van der Waals surface area (Å²) in [6, 6.07) is 10.7. The zero-order valence-corrected chi connectivity index (χ0v) is 12.9. The smallest absolute Gasteiger partial charge is 0.235 e. The summed E-state index contributed by atoms with van der Waals surface area (Å²) in [4.78, 5) is 15.5. The van der Waals surface area contributed by atoms with Gasteiger partial charge in [-0.15, -0.1) is 0 Å². The summed E-state index contributed by atoms with van der Waals surface area (Å²) in [5, 5.41) is 14.9. The molecule has 1 heterocycles. The number of nitrogens with one attached hydrogen (secondary N) is 2. The number of hydrogen-bond donors (Lipinski definition) is 3. The Kier molecular flexibility index (Phi) is 5.00. The Hall–Kier alpha value is -3.27. The standard InChI is InChI=1S/C16H17N5O2/c1-3-23-16-11(9-17)12(18)8-15(21-16)20-14-7-5-4-6-13(14)19-10(2)22/h4-8H,3H2,1-2H3,(H,19,22)(H3,18,20,21). The molecule has 7 heteroatoms. The van der Waals surface area contributed by atoms with Crippen LogP contribution in [0, 0.1) is 11.3 Å². The van der Waals surface area contributed by atoms with Crippen LogP contribution >= 0.6 is 0 Å². The summed E-state index contributed by atoms with van der Waals surface area (Å²) >= 11 is 0. The number of nitrogens with two attached hydrogens (primary N) is 1. The fraction of sp³-hybridized carbons (Fsp3) is 0.188. The van der Waals surface area contributed by atoms with E-state index in [1.54, 1.807) is 25.1 Å². The van der Waals surface area contributed by atoms with E-state index in [4.69, 9.17) is 15.7 Å². The second-order valence-corrected chi connectivity index (χ2v) is 4.67. The number of nitrogen functional groups attached to an aromatic ring is 1. The Morgan fingerprint density at radius 1 is 1.39 bits per heavy atom. The number of para-hydroxylation sites is 2. The molecule has 118 valence electrons. The minimum Gasteiger partial charge on any atom is -0.477 e. The molecule has 0 spiro atoms. The lowest BCUT2D eigenvalue weighted by atomic mass is 10.2. The molecule has 4 N–H and O–H groups in total. The molecule has 0 saturated carbocycles. The summed E-state index contributed by atoms with van der Waals surface area (Å²) in [5.41, 5.74) is 7.62. The van der Waals surface area contributed by atoms with Gasteiger partial charge in [-0.25, -0.2) is 0 Å². The number of nitriles is 1. The Morgan fingerprint density at radius 2 is 2.09 bits per heavy atom. The Labute approximate surface area is 134 Å². The SMILES string of the molecule is CCOc1nc(Nc2ccccc2NC(C)=O)cc(N)c1C#N. The molecule has 0 saturated heterocycles. The summed E-state index contributed by atoms with van der Waals surface area (Å²) in [7, 11) is 0. The van der Waals surface area contributed by atoms with E-state index in [9.17, 15) is 4.79 Å². The molecule has 0 radical (unpaired) electrons. The number of hydrogen-bond acceptors (Lipinski definition) is 6. The van der Waals surface area contributed by atoms with Crippen LogP contribution in [0.5, 0.6) is 5.88 Å². The lowest BCUT2D eigenvalue weighted by molar-refractivity contribution is -0.114. The minimum atomic E-state index is -0.179. The molecule has 0 fully saturated rings. The van der Waals surface area contributed by atoms with Gasteiger partial charge in [0, 0.05) is 13.0 Å². The number of amides is 1. The lowest BCUT2D eigenvalue weighted by Crippen LogP contribution is -2.09. The van der Waals surface area contributed by atoms with Crippen LogP contribution in [-0.4, -0.2) is 17.5 Å². The van der Waals surface area contributed by atoms with Crippen molar-refractivity contribution in [1.29, 1.82) is 5.26 Å². The van der Waals surface area contributed by atoms with Crippen LogP contribution in [0.3, 0.4) is 0 Å². The van der Waals surface area contributed by atoms with Crippen LogP contribution < -0.4 is 21.1 Å². The second kappa shape index (κ2) is 7.13. The fourth-order valence-electron chi connectivity index (χ4n) is 1.99. The van der Waals surface area contributed by atoms with E-state index in [1.165, 1.54) is 6.92 Å². The van der Waals surface area contributed by atoms with Crippen LogP contribution in [-0.2, 0) is 4.79 Å². The summed E-state index contributed by atoms with van der Waals surface area (Å²) in [6.45, 7) is 3.60. The second-order valence-electron chi connectivity index (χ2n) is 4.67. The molecule has 0 aliphatic carbocycles. The fourth-order valence-corrected chi connectivity index (χ4v) is 1.99. The molecule has 1 aromatic carbocycles. The molecular weight excluding hydrogens is 294 g/mol. The van der Waals surface area contributed by atoms with E-state index in [0.717, 1.165) is 0 Å². The van der Waals surface area contributed by atoms with Gasteiger partial charge in [-0.1, -0.05) is 12.1 Å². The van der Waals surface area contributed by atoms with E-state index >= 15 is 0 Å². The highest BCUT2D eigenvalue weighted by atomic mass is 16.5. The van der Waals surface area contributed by atoms with E-state index < -0.39 is 0 Å². The topological polar surface area (TPSA) is 113 Å². The zero-order valence-electron chi connectivity index (χ0n) is 12.9. The van der Waals surface area contributed by atoms with Crippen LogP contribution in [0.25, 0.3) is 0 Å². The first-order valence-electron chi connectivity index (χ1n) is 7.02. The van der Waals surface area contributed by atoms with E-state index in [-0.39, 0.29) is 23.0 Å². The number of ether oxygens (including phenoxy) is 1. The maximum absolute atomic E-state index is 11.3. The van der Waals surface area contributed by atoms with Crippen LogP contribution in [0.2, 0.25) is 0 Å². The quantitative estimate of drug-likeness (QED) is 0.782. The van der Waals surface area contributed by atoms with Crippen molar-refractivity contribution in [3.8, 4) is 11.9 Å². The van der Waals surface area contributed by atoms with Crippen molar-refractivity contribution in [1.82, 2.24) is 4.98 Å². The third-order valence-corrected chi connectivity index (χ3v) is 2.91. The van der Waals surface area contributed by atoms with Crippen LogP contribution in [0.1, 0.15) is 19.4 Å². The van der Waals surface area contributed by atoms with Crippen molar-refractivity contribution in [2.75, 3.05) is 23.0 Å². The van der Waals surface area contributed by atoms with Crippen molar-refractivity contribution >= 4 is 28.8 Å². The van der Waals surface area contributed by atoms with Gasteiger partial charge < -0.3 is 21.1 Å². The van der Waals surface area contributed by atoms with Gasteiger partial charge in [0.15, 0.2) is 0 Å². The van der Waals surface area contributed by atoms with Gasteiger partial charge in [0.1, 0.15) is 17.5 Å². The average molecular weight is 311 g/mol. The van der Waals surface area contributed by atoms with Gasteiger partial charge in [0.05, 0.1) is 23.7 Å². The molecule has 23 heavy (non-hydrogen) atoms. The van der Waals surface area contributed by atoms with Gasteiger partial charge in [-0.3, -0.25) is 4.79 Å². The Morgan fingerprint density at radius 3 is 2.70 bits per heavy atom. The number of rotatable bonds is 5. The van der Waals surface area contributed by atoms with Crippen molar-refractivity contribution < 1.29 is 9.53 Å². The number of pyridine rings is 1. The molecule has 0 bridgehead atoms. The normalized spacial score (nSPS) is 9.78. The van der Waals surface area contributed by atoms with Crippen molar-refractivity contribution in [2.45, 2.75) is 13.8 Å². The Bertz CT molecular complexity index is 768. The molecule has 0 unspecified atom stereocenters. The number of carbonyl (C=O) groups is 1. The predicted octanol–water partition coefficient (Wildman–Crippen LogP) is 2.64. The summed E-state index contributed by atoms with van der Waals surface area (Å²) < 4.78 is 5.36. The molecule has 1 aromatic heterocycles. The highest BCUT2D eigenvalue weighted by Crippen LogP contribution is 2.29. The van der Waals surface area contributed by atoms with E-state index in [0.29, 0.717) is 23.8 Å². The minimum absolute atomic E-state index is 0.175. The Balaban J connectivity index is 2.38. The molecule has 0 aliphatic heterocycles. The maximum Gasteiger partial charge on any atom is 0.235 e. The first kappa shape index (κ1) is 16.1. The highest BCUT2D eigenvalue weighted by Gasteiger charge is 2.13. The van der Waals surface area contributed by atoms with Crippen molar-refractivity contribution in [2.24, 2.45) is 0 Å². The molecule has 2 rings (SSSR count). The van der Waals surface area contributed by atoms with E-state index in [2.05, 4.69) is 15.6 Å². The number of benzene rings is 1. The van der Waals surface area contributed by atoms with Gasteiger partial charge >= 0.3 is 0 Å². The van der Waals surface area contributed by atoms with Crippen molar-refractivity contribution in [3.05, 3.63) is 35.9 Å². The molecule has 7 nitrogen and oxygen atoms in total. The summed E-state index contributed by atoms with van der Waals surface area (Å²) in [6.07, 6.45) is 0. The summed E-state index contributed by atoms with van der Waals surface area (Å²) in [5.74, 6) is 0.416. The van der Waals surface area contributed by atoms with Crippen molar-refractivity contribution in [3.63, 3.8) is 0 Å². The number of anilines is 4. The monoisotopic (exact) mass is 311 g/mol. The number of carbonyl (C=O) groups excluding carboxylic acids is 1. The third kappa shape index (κ3) is 3.89. The molecule has 0 atom stereocenters. The largest absolute Gasteiger partial charge is 0.477 e. The molecular formula is C16H17N5O2. The van der Waals surface area contributed by atoms with Crippen LogP contribution in [0.4, 0.5) is 22.9 Å². The van der Waals surface area contributed by atoms with Gasteiger partial charge in [0.25, 0.3) is 0 Å². The lowest BCUT2D eigenvalue weighted by Gasteiger charge is -2.14. The molecule has 2 aromatic rings. The third-order valence-electron chi connectivity index (χ3n) is 2.91. The maximum atomic E-state index is 11.3. The number of nitrogens with zero attached hydrogens (tertiary/aromatic N) is 2. The first-order valence-corrected chi connectivity index (χ1v) is 7.02. The highest BCUT2D eigenvalue weighted by molar-refractivity contribution is 5.93. The predicted molar refractivity (Wildman–Crippen MR) is 88.6 cm³/mol. The zero-order chi connectivity index (χ0) is 16.8. The van der Waals surface area contributed by atoms with Crippen LogP contribution in [0.15, 0.2) is 30.3 Å². The molecule has 0 aliphatic rings.